The molecule has 0 radical (unpaired) electrons. The number of anilines is 1. The molecular formula is C17H27N8O5P. The molecule has 1 aliphatic rings. The van der Waals surface area contributed by atoms with Crippen LogP contribution in [0.3, 0.4) is 0 Å². The van der Waals surface area contributed by atoms with Gasteiger partial charge in [0.25, 0.3) is 0 Å². The van der Waals surface area contributed by atoms with Crippen molar-refractivity contribution in [2.45, 2.75) is 70.2 Å². The molecule has 1 aliphatic heterocycles. The molecule has 31 heavy (non-hydrogen) atoms. The number of hydrogen-bond donors (Lipinski definition) is 3. The zero-order chi connectivity index (χ0) is 22.8. The van der Waals surface area contributed by atoms with Crippen molar-refractivity contribution in [3.8, 4) is 0 Å². The van der Waals surface area contributed by atoms with Crippen molar-refractivity contribution in [2.24, 2.45) is 5.11 Å². The van der Waals surface area contributed by atoms with E-state index in [1.54, 1.807) is 6.92 Å². The van der Waals surface area contributed by atoms with Gasteiger partial charge in [0.15, 0.2) is 31.2 Å². The van der Waals surface area contributed by atoms with Gasteiger partial charge in [-0.2, -0.15) is 0 Å². The molecule has 0 saturated carbocycles. The molecular weight excluding hydrogens is 427 g/mol. The van der Waals surface area contributed by atoms with Gasteiger partial charge < -0.3 is 25.2 Å². The first kappa shape index (κ1) is 23.4. The smallest absolute Gasteiger partial charge is 0.201 e. The normalized spacial score (nSPS) is 26.5. The number of nitrogens with two attached hydrogens (primary N) is 1. The van der Waals surface area contributed by atoms with E-state index in [2.05, 4.69) is 25.0 Å². The minimum atomic E-state index is -2.23. The number of aliphatic hydroxyl groups excluding tert-OH is 2. The third-order valence-corrected chi connectivity index (χ3v) is 7.04. The summed E-state index contributed by atoms with van der Waals surface area (Å²) >= 11 is 0. The van der Waals surface area contributed by atoms with E-state index in [9.17, 15) is 14.8 Å². The summed E-state index contributed by atoms with van der Waals surface area (Å²) in [5, 5.41) is 24.9. The summed E-state index contributed by atoms with van der Waals surface area (Å²) in [7, 11) is -2.23. The summed E-state index contributed by atoms with van der Waals surface area (Å²) in [6.45, 7) is 5.61. The highest BCUT2D eigenvalue weighted by Crippen LogP contribution is 2.42. The average molecular weight is 454 g/mol. The number of rotatable bonds is 9. The second-order valence-electron chi connectivity index (χ2n) is 7.68. The van der Waals surface area contributed by atoms with Crippen LogP contribution >= 0.6 is 8.03 Å². The van der Waals surface area contributed by atoms with Crippen LogP contribution in [-0.2, 0) is 13.8 Å². The van der Waals surface area contributed by atoms with Gasteiger partial charge in [-0.1, -0.05) is 13.8 Å². The average Bonchev–Trinajstić information content (AvgIpc) is 3.21. The molecule has 0 aliphatic carbocycles. The molecule has 13 nitrogen and oxygen atoms in total. The molecule has 0 amide bonds. The van der Waals surface area contributed by atoms with Crippen LogP contribution in [0.5, 0.6) is 0 Å². The lowest BCUT2D eigenvalue weighted by Gasteiger charge is -2.31. The third kappa shape index (κ3) is 4.67. The minimum Gasteiger partial charge on any atom is -0.388 e. The Bertz CT molecular complexity index is 1010. The van der Waals surface area contributed by atoms with Gasteiger partial charge in [-0.05, 0) is 30.4 Å². The fourth-order valence-corrected chi connectivity index (χ4v) is 4.87. The SMILES string of the molecule is CCC[PH](=O)OC(C)(CC)C[C@H]1OC(n2c(N=[N+]=[N-])nc3c(N)ncnc32)[C@H](O)[C@@H]1O. The van der Waals surface area contributed by atoms with E-state index >= 15 is 0 Å². The summed E-state index contributed by atoms with van der Waals surface area (Å²) in [6.07, 6.45) is -1.49. The predicted octanol–water partition coefficient (Wildman–Crippen LogP) is 2.43. The van der Waals surface area contributed by atoms with Crippen LogP contribution < -0.4 is 5.73 Å². The van der Waals surface area contributed by atoms with Gasteiger partial charge in [-0.25, -0.2) is 15.0 Å². The fourth-order valence-electron chi connectivity index (χ4n) is 3.58. The van der Waals surface area contributed by atoms with E-state index in [1.807, 2.05) is 13.8 Å². The monoisotopic (exact) mass is 454 g/mol. The highest BCUT2D eigenvalue weighted by molar-refractivity contribution is 7.39. The first-order chi connectivity index (χ1) is 14.7. The Morgan fingerprint density at radius 2 is 2.16 bits per heavy atom. The molecule has 2 aromatic rings. The van der Waals surface area contributed by atoms with Gasteiger partial charge >= 0.3 is 0 Å². The summed E-state index contributed by atoms with van der Waals surface area (Å²) in [6, 6.07) is 0. The first-order valence-electron chi connectivity index (χ1n) is 10.0. The fraction of sp³-hybridized carbons (Fsp3) is 0.706. The quantitative estimate of drug-likeness (QED) is 0.221. The van der Waals surface area contributed by atoms with E-state index in [0.717, 1.165) is 6.42 Å². The van der Waals surface area contributed by atoms with E-state index < -0.39 is 38.2 Å². The van der Waals surface area contributed by atoms with Gasteiger partial charge in [-0.3, -0.25) is 9.13 Å². The number of fused-ring (bicyclic) bond motifs is 1. The van der Waals surface area contributed by atoms with Crippen LogP contribution in [0, 0.1) is 0 Å². The van der Waals surface area contributed by atoms with Crippen LogP contribution in [0.4, 0.5) is 11.8 Å². The van der Waals surface area contributed by atoms with Gasteiger partial charge in [0, 0.05) is 17.5 Å². The Morgan fingerprint density at radius 1 is 1.42 bits per heavy atom. The Morgan fingerprint density at radius 3 is 2.81 bits per heavy atom. The van der Waals surface area contributed by atoms with Gasteiger partial charge in [0.1, 0.15) is 18.5 Å². The number of imidazole rings is 1. The zero-order valence-electron chi connectivity index (χ0n) is 17.5. The van der Waals surface area contributed by atoms with E-state index in [1.165, 1.54) is 10.9 Å². The number of nitrogens with zero attached hydrogens (tertiary/aromatic N) is 7. The second kappa shape index (κ2) is 9.47. The van der Waals surface area contributed by atoms with Crippen molar-refractivity contribution in [3.05, 3.63) is 16.8 Å². The predicted molar refractivity (Wildman–Crippen MR) is 113 cm³/mol. The van der Waals surface area contributed by atoms with Gasteiger partial charge in [-0.15, -0.1) is 0 Å². The zero-order valence-corrected chi connectivity index (χ0v) is 18.5. The molecule has 6 atom stereocenters. The lowest BCUT2D eigenvalue weighted by Crippen LogP contribution is -2.38. The Hall–Kier alpha value is -2.27. The topological polar surface area (TPSA) is 194 Å². The number of azide groups is 1. The van der Waals surface area contributed by atoms with E-state index in [4.69, 9.17) is 20.5 Å². The molecule has 2 aromatic heterocycles. The molecule has 14 heteroatoms. The van der Waals surface area contributed by atoms with Crippen molar-refractivity contribution in [1.29, 1.82) is 0 Å². The summed E-state index contributed by atoms with van der Waals surface area (Å²) in [5.74, 6) is -0.0696. The Labute approximate surface area is 179 Å². The number of hydrogen-bond acceptors (Lipinski definition) is 10. The van der Waals surface area contributed by atoms with Crippen molar-refractivity contribution in [2.75, 3.05) is 11.9 Å². The van der Waals surface area contributed by atoms with Crippen LogP contribution in [0.25, 0.3) is 21.6 Å². The van der Waals surface area contributed by atoms with E-state index in [0.29, 0.717) is 12.6 Å². The highest BCUT2D eigenvalue weighted by Gasteiger charge is 2.47. The Balaban J connectivity index is 1.92. The molecule has 0 spiro atoms. The lowest BCUT2D eigenvalue weighted by molar-refractivity contribution is -0.0613. The minimum absolute atomic E-state index is 0.0655. The molecule has 170 valence electrons. The molecule has 0 aromatic carbocycles. The van der Waals surface area contributed by atoms with Crippen LogP contribution in [-0.4, -0.2) is 59.8 Å². The maximum Gasteiger partial charge on any atom is 0.201 e. The van der Waals surface area contributed by atoms with Crippen molar-refractivity contribution in [1.82, 2.24) is 19.5 Å². The second-order valence-corrected chi connectivity index (χ2v) is 9.13. The first-order valence-corrected chi connectivity index (χ1v) is 11.5. The molecule has 1 fully saturated rings. The van der Waals surface area contributed by atoms with Crippen molar-refractivity contribution < 1.29 is 24.0 Å². The van der Waals surface area contributed by atoms with E-state index in [-0.39, 0.29) is 29.4 Å². The lowest BCUT2D eigenvalue weighted by atomic mass is 9.93. The Kier molecular flexibility index (Phi) is 7.15. The number of aromatic nitrogens is 4. The van der Waals surface area contributed by atoms with Gasteiger partial charge in [0.05, 0.1) is 11.7 Å². The van der Waals surface area contributed by atoms with Crippen molar-refractivity contribution >= 4 is 31.0 Å². The molecule has 3 heterocycles. The molecule has 3 unspecified atom stereocenters. The van der Waals surface area contributed by atoms with Crippen LogP contribution in [0.1, 0.15) is 46.3 Å². The van der Waals surface area contributed by atoms with Crippen molar-refractivity contribution in [3.63, 3.8) is 0 Å². The molecule has 3 rings (SSSR count). The number of aliphatic hydroxyl groups is 2. The number of ether oxygens (including phenoxy) is 1. The van der Waals surface area contributed by atoms with Crippen LogP contribution in [0.15, 0.2) is 11.4 Å². The standard InChI is InChI=1S/C17H27N8O5P/c1-4-6-31(28)30-17(3,5-2)7-9-11(26)12(27)15(29-9)25-14-10(13(18)20-8-21-14)22-16(25)23-24-19/h8-9,11-12,15,26-27,31H,4-7H2,1-3H3,(H2,18,20,21)/t9-,11-,12-,15?,17?/m1/s1. The summed E-state index contributed by atoms with van der Waals surface area (Å²) in [4.78, 5) is 14.9. The molecule has 4 N–H and O–H groups in total. The summed E-state index contributed by atoms with van der Waals surface area (Å²) in [5.41, 5.74) is 14.3. The maximum absolute atomic E-state index is 12.2. The summed E-state index contributed by atoms with van der Waals surface area (Å²) < 4.78 is 25.3. The molecule has 1 saturated heterocycles. The van der Waals surface area contributed by atoms with Crippen LogP contribution in [0.2, 0.25) is 0 Å². The maximum atomic E-state index is 12.2. The van der Waals surface area contributed by atoms with Gasteiger partial charge in [0.2, 0.25) is 5.95 Å². The molecule has 0 bridgehead atoms. The highest BCUT2D eigenvalue weighted by atomic mass is 31.1. The number of nitrogen functional groups attached to an aromatic ring is 1. The largest absolute Gasteiger partial charge is 0.388 e. The third-order valence-electron chi connectivity index (χ3n) is 5.41.